The maximum atomic E-state index is 15.0. The highest BCUT2D eigenvalue weighted by atomic mass is 32.2. The standard InChI is InChI=1S/C37H50N4O5S/c1-23(2)19-41(43)36(42)27-12-14-30-33(16-27)40-22-37(47(44,45)39-20-24(3)38(5)25(4)21-39)18-32(37)31-17-28(46-6)13-15-29(31)35(40)34(30)26-10-8-7-9-11-26/h12-17,23-26,32,43H,7-11,18-22H2,1-6H3/t24-,25+,32?,37?. The van der Waals surface area contributed by atoms with Crippen LogP contribution in [-0.4, -0.2) is 89.0 Å². The summed E-state index contributed by atoms with van der Waals surface area (Å²) in [5, 5.41) is 12.5. The van der Waals surface area contributed by atoms with Crippen molar-refractivity contribution >= 4 is 26.8 Å². The molecule has 47 heavy (non-hydrogen) atoms. The van der Waals surface area contributed by atoms with Gasteiger partial charge in [0.25, 0.3) is 5.91 Å². The third-order valence-corrected chi connectivity index (χ3v) is 14.2. The molecule has 3 aromatic rings. The number of fused-ring (bicyclic) bond motifs is 7. The number of carbonyl (C=O) groups excluding carboxylic acids is 1. The molecule has 3 fully saturated rings. The molecular weight excluding hydrogens is 612 g/mol. The van der Waals surface area contributed by atoms with Gasteiger partial charge >= 0.3 is 0 Å². The van der Waals surface area contributed by atoms with Crippen molar-refractivity contribution < 1.29 is 23.2 Å². The lowest BCUT2D eigenvalue weighted by molar-refractivity contribution is -0.0647. The number of methoxy groups -OCH3 is 1. The molecule has 9 nitrogen and oxygen atoms in total. The van der Waals surface area contributed by atoms with E-state index < -0.39 is 20.7 Å². The summed E-state index contributed by atoms with van der Waals surface area (Å²) in [5.41, 5.74) is 5.73. The lowest BCUT2D eigenvalue weighted by Gasteiger charge is -2.43. The van der Waals surface area contributed by atoms with Crippen LogP contribution in [0.25, 0.3) is 22.2 Å². The Morgan fingerprint density at radius 2 is 1.77 bits per heavy atom. The van der Waals surface area contributed by atoms with Gasteiger partial charge in [0, 0.05) is 59.7 Å². The molecule has 1 N–H and O–H groups in total. The third kappa shape index (κ3) is 5.21. The van der Waals surface area contributed by atoms with E-state index in [2.05, 4.69) is 42.5 Å². The second kappa shape index (κ2) is 11.9. The van der Waals surface area contributed by atoms with Gasteiger partial charge in [0.15, 0.2) is 0 Å². The summed E-state index contributed by atoms with van der Waals surface area (Å²) in [7, 11) is -0.000496. The average Bonchev–Trinajstić information content (AvgIpc) is 3.74. The summed E-state index contributed by atoms with van der Waals surface area (Å²) in [6, 6.07) is 12.2. The number of likely N-dealkylation sites (N-methyl/N-ethyl adjacent to an activating group) is 1. The summed E-state index contributed by atoms with van der Waals surface area (Å²) < 4.78 is 38.7. The molecule has 1 aromatic heterocycles. The quantitative estimate of drug-likeness (QED) is 0.231. The minimum Gasteiger partial charge on any atom is -0.497 e. The number of aromatic nitrogens is 1. The van der Waals surface area contributed by atoms with Crippen LogP contribution in [0.5, 0.6) is 5.75 Å². The molecule has 3 heterocycles. The van der Waals surface area contributed by atoms with Gasteiger partial charge in [0.2, 0.25) is 10.0 Å². The maximum absolute atomic E-state index is 15.0. The Morgan fingerprint density at radius 1 is 1.06 bits per heavy atom. The fourth-order valence-electron chi connectivity index (χ4n) is 8.82. The molecule has 1 saturated heterocycles. The molecule has 254 valence electrons. The first kappa shape index (κ1) is 32.6. The smallest absolute Gasteiger partial charge is 0.277 e. The number of amides is 1. The Hall–Kier alpha value is -2.92. The molecule has 2 aliphatic carbocycles. The predicted molar refractivity (Wildman–Crippen MR) is 185 cm³/mol. The summed E-state index contributed by atoms with van der Waals surface area (Å²) in [6.45, 7) is 9.61. The average molecular weight is 663 g/mol. The number of hydrogen-bond donors (Lipinski definition) is 1. The number of rotatable bonds is 7. The van der Waals surface area contributed by atoms with E-state index in [4.69, 9.17) is 4.74 Å². The second-order valence-corrected chi connectivity index (χ2v) is 17.4. The van der Waals surface area contributed by atoms with E-state index in [0.29, 0.717) is 37.5 Å². The Bertz CT molecular complexity index is 1800. The van der Waals surface area contributed by atoms with Crippen molar-refractivity contribution in [1.29, 1.82) is 0 Å². The SMILES string of the molecule is COc1ccc2c(c1)C1CC1(S(=O)(=O)N1C[C@@H](C)N(C)[C@@H](C)C1)Cn1c-2c(C2CCCCC2)c2ccc(C(=O)N(O)CC(C)C)cc21. The minimum absolute atomic E-state index is 0.112. The van der Waals surface area contributed by atoms with Gasteiger partial charge in [0.05, 0.1) is 19.3 Å². The number of hydroxylamine groups is 2. The summed E-state index contributed by atoms with van der Waals surface area (Å²) in [5.74, 6) is 0.576. The molecule has 4 aliphatic rings. The first-order valence-electron chi connectivity index (χ1n) is 17.4. The highest BCUT2D eigenvalue weighted by molar-refractivity contribution is 7.90. The molecule has 2 unspecified atom stereocenters. The van der Waals surface area contributed by atoms with Crippen molar-refractivity contribution in [2.45, 2.75) is 101 Å². The fourth-order valence-corrected chi connectivity index (χ4v) is 11.3. The monoisotopic (exact) mass is 662 g/mol. The lowest BCUT2D eigenvalue weighted by atomic mass is 9.81. The van der Waals surface area contributed by atoms with Crippen molar-refractivity contribution in [2.24, 2.45) is 5.92 Å². The number of ether oxygens (including phenoxy) is 1. The first-order valence-corrected chi connectivity index (χ1v) is 18.9. The lowest BCUT2D eigenvalue weighted by Crippen LogP contribution is -2.58. The molecule has 7 rings (SSSR count). The van der Waals surface area contributed by atoms with Gasteiger partial charge < -0.3 is 9.30 Å². The van der Waals surface area contributed by atoms with E-state index >= 15 is 8.42 Å². The summed E-state index contributed by atoms with van der Waals surface area (Å²) in [4.78, 5) is 15.7. The van der Waals surface area contributed by atoms with E-state index in [1.165, 1.54) is 12.0 Å². The highest BCUT2D eigenvalue weighted by Crippen LogP contribution is 2.64. The molecule has 4 atom stereocenters. The Morgan fingerprint density at radius 3 is 2.43 bits per heavy atom. The van der Waals surface area contributed by atoms with E-state index in [0.717, 1.165) is 64.2 Å². The Labute approximate surface area is 279 Å². The van der Waals surface area contributed by atoms with Crippen LogP contribution in [-0.2, 0) is 16.6 Å². The largest absolute Gasteiger partial charge is 0.497 e. The number of nitrogens with zero attached hydrogens (tertiary/aromatic N) is 4. The fraction of sp³-hybridized carbons (Fsp3) is 0.595. The number of piperazine rings is 1. The van der Waals surface area contributed by atoms with E-state index in [9.17, 15) is 10.0 Å². The molecule has 0 spiro atoms. The molecular formula is C37H50N4O5S. The van der Waals surface area contributed by atoms with Crippen molar-refractivity contribution in [3.05, 3.63) is 53.1 Å². The van der Waals surface area contributed by atoms with Gasteiger partial charge in [-0.2, -0.15) is 4.31 Å². The van der Waals surface area contributed by atoms with Crippen LogP contribution in [0.1, 0.15) is 99.5 Å². The topological polar surface area (TPSA) is 95.3 Å². The summed E-state index contributed by atoms with van der Waals surface area (Å²) in [6.07, 6.45) is 6.27. The van der Waals surface area contributed by atoms with Gasteiger partial charge in [-0.25, -0.2) is 13.5 Å². The van der Waals surface area contributed by atoms with Crippen LogP contribution in [0.15, 0.2) is 36.4 Å². The zero-order chi connectivity index (χ0) is 33.4. The van der Waals surface area contributed by atoms with Crippen molar-refractivity contribution in [3.63, 3.8) is 0 Å². The molecule has 2 aromatic carbocycles. The second-order valence-electron chi connectivity index (χ2n) is 15.2. The van der Waals surface area contributed by atoms with Crippen LogP contribution in [0.4, 0.5) is 0 Å². The van der Waals surface area contributed by atoms with Crippen molar-refractivity contribution in [1.82, 2.24) is 18.8 Å². The van der Waals surface area contributed by atoms with Gasteiger partial charge in [-0.1, -0.05) is 39.2 Å². The van der Waals surface area contributed by atoms with Crippen LogP contribution in [0.2, 0.25) is 0 Å². The maximum Gasteiger partial charge on any atom is 0.277 e. The van der Waals surface area contributed by atoms with Crippen LogP contribution in [0, 0.1) is 5.92 Å². The Kier molecular flexibility index (Phi) is 8.26. The molecule has 2 saturated carbocycles. The number of sulfonamides is 1. The normalized spacial score (nSPS) is 26.9. The van der Waals surface area contributed by atoms with Gasteiger partial charge in [-0.05, 0) is 93.5 Å². The minimum atomic E-state index is -3.74. The molecule has 2 aliphatic heterocycles. The van der Waals surface area contributed by atoms with E-state index in [-0.39, 0.29) is 30.5 Å². The highest BCUT2D eigenvalue weighted by Gasteiger charge is 2.68. The number of hydrogen-bond acceptors (Lipinski definition) is 6. The van der Waals surface area contributed by atoms with Crippen LogP contribution >= 0.6 is 0 Å². The van der Waals surface area contributed by atoms with Gasteiger partial charge in [0.1, 0.15) is 10.5 Å². The zero-order valence-corrected chi connectivity index (χ0v) is 29.5. The van der Waals surface area contributed by atoms with Crippen molar-refractivity contribution in [3.8, 4) is 17.0 Å². The Balaban J connectivity index is 1.45. The molecule has 0 bridgehead atoms. The third-order valence-electron chi connectivity index (χ3n) is 11.7. The number of benzene rings is 2. The predicted octanol–water partition coefficient (Wildman–Crippen LogP) is 6.45. The van der Waals surface area contributed by atoms with Gasteiger partial charge in [-0.15, -0.1) is 0 Å². The van der Waals surface area contributed by atoms with Crippen molar-refractivity contribution in [2.75, 3.05) is 33.8 Å². The number of carbonyl (C=O) groups is 1. The van der Waals surface area contributed by atoms with E-state index in [1.807, 2.05) is 38.1 Å². The molecule has 0 radical (unpaired) electrons. The first-order chi connectivity index (χ1) is 22.4. The van der Waals surface area contributed by atoms with Crippen LogP contribution in [0.3, 0.4) is 0 Å². The molecule has 1 amide bonds. The molecule has 10 heteroatoms. The summed E-state index contributed by atoms with van der Waals surface area (Å²) >= 11 is 0. The van der Waals surface area contributed by atoms with E-state index in [1.54, 1.807) is 11.4 Å². The van der Waals surface area contributed by atoms with Crippen LogP contribution < -0.4 is 4.74 Å². The van der Waals surface area contributed by atoms with Gasteiger partial charge in [-0.3, -0.25) is 14.9 Å². The zero-order valence-electron chi connectivity index (χ0n) is 28.7.